The number of benzene rings is 1. The number of ether oxygens (including phenoxy) is 1. The van der Waals surface area contributed by atoms with Crippen LogP contribution in [0.15, 0.2) is 34.2 Å². The maximum Gasteiger partial charge on any atom is 0.387 e. The fourth-order valence-electron chi connectivity index (χ4n) is 2.93. The Kier molecular flexibility index (Phi) is 6.42. The van der Waals surface area contributed by atoms with Crippen molar-refractivity contribution in [2.45, 2.75) is 31.9 Å². The molecule has 1 N–H and O–H groups in total. The number of anilines is 1. The van der Waals surface area contributed by atoms with E-state index in [9.17, 15) is 13.6 Å². The lowest BCUT2D eigenvalue weighted by Gasteiger charge is -2.16. The number of carbonyl (C=O) groups is 1. The molecule has 5 nitrogen and oxygen atoms in total. The molecule has 26 heavy (non-hydrogen) atoms. The second-order valence-electron chi connectivity index (χ2n) is 5.94. The first-order chi connectivity index (χ1) is 12.5. The molecule has 1 fully saturated rings. The van der Waals surface area contributed by atoms with Gasteiger partial charge in [0.25, 0.3) is 0 Å². The van der Waals surface area contributed by atoms with Gasteiger partial charge in [-0.25, -0.2) is 4.98 Å². The molecule has 9 heteroatoms. The molecule has 0 bridgehead atoms. The van der Waals surface area contributed by atoms with Gasteiger partial charge in [-0.2, -0.15) is 8.78 Å². The van der Waals surface area contributed by atoms with Crippen LogP contribution >= 0.6 is 27.3 Å². The zero-order chi connectivity index (χ0) is 18.5. The molecule has 1 aliphatic rings. The second-order valence-corrected chi connectivity index (χ2v) is 7.73. The Bertz CT molecular complexity index is 746. The molecule has 0 unspecified atom stereocenters. The Labute approximate surface area is 162 Å². The Morgan fingerprint density at radius 3 is 3.08 bits per heavy atom. The van der Waals surface area contributed by atoms with E-state index >= 15 is 0 Å². The van der Waals surface area contributed by atoms with E-state index in [-0.39, 0.29) is 24.1 Å². The first-order valence-corrected chi connectivity index (χ1v) is 9.85. The van der Waals surface area contributed by atoms with Crippen LogP contribution in [0, 0.1) is 0 Å². The highest BCUT2D eigenvalue weighted by Crippen LogP contribution is 2.26. The SMILES string of the molecule is O=C(CCc1cc(Br)ccc1OC(F)F)N[C@@H]1CCN(c2nccs2)C1. The first kappa shape index (κ1) is 19.0. The van der Waals surface area contributed by atoms with Crippen molar-refractivity contribution in [1.82, 2.24) is 10.3 Å². The van der Waals surface area contributed by atoms with Gasteiger partial charge in [-0.15, -0.1) is 11.3 Å². The number of alkyl halides is 2. The molecule has 2 heterocycles. The summed E-state index contributed by atoms with van der Waals surface area (Å²) in [5.41, 5.74) is 0.575. The van der Waals surface area contributed by atoms with Crippen LogP contribution in [0.25, 0.3) is 0 Å². The van der Waals surface area contributed by atoms with Gasteiger partial charge >= 0.3 is 6.61 Å². The normalized spacial score (nSPS) is 16.9. The van der Waals surface area contributed by atoms with Crippen LogP contribution in [0.4, 0.5) is 13.9 Å². The lowest BCUT2D eigenvalue weighted by atomic mass is 10.1. The van der Waals surface area contributed by atoms with Crippen molar-refractivity contribution in [1.29, 1.82) is 0 Å². The number of thiazole rings is 1. The van der Waals surface area contributed by atoms with Crippen LogP contribution in [-0.4, -0.2) is 36.6 Å². The van der Waals surface area contributed by atoms with Gasteiger partial charge in [-0.1, -0.05) is 15.9 Å². The van der Waals surface area contributed by atoms with Crippen LogP contribution in [0.5, 0.6) is 5.75 Å². The maximum absolute atomic E-state index is 12.5. The number of hydrogen-bond donors (Lipinski definition) is 1. The van der Waals surface area contributed by atoms with E-state index in [1.165, 1.54) is 6.07 Å². The molecule has 0 spiro atoms. The minimum absolute atomic E-state index is 0.0747. The molecular weight excluding hydrogens is 428 g/mol. The van der Waals surface area contributed by atoms with Gasteiger partial charge in [0.05, 0.1) is 0 Å². The van der Waals surface area contributed by atoms with Crippen LogP contribution < -0.4 is 15.0 Å². The third kappa shape index (κ3) is 5.14. The summed E-state index contributed by atoms with van der Waals surface area (Å²) in [6.07, 6.45) is 3.17. The van der Waals surface area contributed by atoms with Gasteiger partial charge in [0, 0.05) is 41.6 Å². The third-order valence-electron chi connectivity index (χ3n) is 4.10. The van der Waals surface area contributed by atoms with Crippen molar-refractivity contribution in [2.24, 2.45) is 0 Å². The van der Waals surface area contributed by atoms with Gasteiger partial charge in [0.15, 0.2) is 5.13 Å². The highest BCUT2D eigenvalue weighted by Gasteiger charge is 2.25. The van der Waals surface area contributed by atoms with Crippen molar-refractivity contribution in [3.8, 4) is 5.75 Å². The second kappa shape index (κ2) is 8.77. The number of nitrogens with zero attached hydrogens (tertiary/aromatic N) is 2. The van der Waals surface area contributed by atoms with Gasteiger partial charge in [0.1, 0.15) is 5.75 Å². The van der Waals surface area contributed by atoms with Crippen LogP contribution in [-0.2, 0) is 11.2 Å². The number of rotatable bonds is 7. The minimum Gasteiger partial charge on any atom is -0.435 e. The summed E-state index contributed by atoms with van der Waals surface area (Å²) in [5.74, 6) is 0.00534. The van der Waals surface area contributed by atoms with E-state index in [2.05, 4.69) is 35.9 Å². The predicted molar refractivity (Wildman–Crippen MR) is 100.0 cm³/mol. The van der Waals surface area contributed by atoms with Gasteiger partial charge in [-0.05, 0) is 36.6 Å². The van der Waals surface area contributed by atoms with Gasteiger partial charge in [0.2, 0.25) is 5.91 Å². The number of carbonyl (C=O) groups excluding carboxylic acids is 1. The summed E-state index contributed by atoms with van der Waals surface area (Å²) >= 11 is 4.89. The summed E-state index contributed by atoms with van der Waals surface area (Å²) in [6.45, 7) is -1.30. The summed E-state index contributed by atoms with van der Waals surface area (Å²) in [7, 11) is 0. The van der Waals surface area contributed by atoms with Gasteiger partial charge in [-0.3, -0.25) is 4.79 Å². The fraction of sp³-hybridized carbons (Fsp3) is 0.412. The molecule has 2 aromatic rings. The van der Waals surface area contributed by atoms with E-state index < -0.39 is 6.61 Å². The van der Waals surface area contributed by atoms with Crippen molar-refractivity contribution in [2.75, 3.05) is 18.0 Å². The maximum atomic E-state index is 12.5. The molecule has 1 aromatic carbocycles. The fourth-order valence-corrected chi connectivity index (χ4v) is 4.01. The van der Waals surface area contributed by atoms with Crippen LogP contribution in [0.2, 0.25) is 0 Å². The number of halogens is 3. The van der Waals surface area contributed by atoms with Crippen LogP contribution in [0.1, 0.15) is 18.4 Å². The van der Waals surface area contributed by atoms with E-state index in [1.54, 1.807) is 29.7 Å². The summed E-state index contributed by atoms with van der Waals surface area (Å²) in [6, 6.07) is 4.88. The number of aryl methyl sites for hydroxylation is 1. The Morgan fingerprint density at radius 2 is 2.35 bits per heavy atom. The average molecular weight is 446 g/mol. The summed E-state index contributed by atoms with van der Waals surface area (Å²) in [4.78, 5) is 18.7. The van der Waals surface area contributed by atoms with Crippen LogP contribution in [0.3, 0.4) is 0 Å². The molecule has 0 aliphatic carbocycles. The highest BCUT2D eigenvalue weighted by atomic mass is 79.9. The summed E-state index contributed by atoms with van der Waals surface area (Å²) in [5, 5.41) is 5.90. The molecule has 0 radical (unpaired) electrons. The van der Waals surface area contributed by atoms with E-state index in [0.29, 0.717) is 12.0 Å². The first-order valence-electron chi connectivity index (χ1n) is 8.18. The molecule has 3 rings (SSSR count). The molecule has 1 atom stereocenters. The molecular formula is C17H18BrF2N3O2S. The smallest absolute Gasteiger partial charge is 0.387 e. The van der Waals surface area contributed by atoms with Crippen molar-refractivity contribution in [3.63, 3.8) is 0 Å². The van der Waals surface area contributed by atoms with E-state index in [1.807, 2.05) is 5.38 Å². The Hall–Kier alpha value is -1.74. The molecule has 1 amide bonds. The number of hydrogen-bond acceptors (Lipinski definition) is 5. The standard InChI is InChI=1S/C17H18BrF2N3O2S/c18-12-2-3-14(25-16(19)20)11(9-12)1-4-15(24)22-13-5-7-23(10-13)17-21-6-8-26-17/h2-3,6,8-9,13,16H,1,4-5,7,10H2,(H,22,24)/t13-/m1/s1. The predicted octanol–water partition coefficient (Wildman–Crippen LogP) is 3.83. The monoisotopic (exact) mass is 445 g/mol. The van der Waals surface area contributed by atoms with E-state index in [4.69, 9.17) is 0 Å². The molecule has 0 saturated carbocycles. The van der Waals surface area contributed by atoms with E-state index in [0.717, 1.165) is 29.1 Å². The highest BCUT2D eigenvalue weighted by molar-refractivity contribution is 9.10. The minimum atomic E-state index is -2.89. The molecule has 1 aliphatic heterocycles. The number of nitrogens with one attached hydrogen (secondary N) is 1. The number of amides is 1. The lowest BCUT2D eigenvalue weighted by Crippen LogP contribution is -2.37. The zero-order valence-electron chi connectivity index (χ0n) is 13.8. The Morgan fingerprint density at radius 1 is 1.50 bits per heavy atom. The molecule has 1 aromatic heterocycles. The quantitative estimate of drug-likeness (QED) is 0.703. The Balaban J connectivity index is 1.51. The molecule has 1 saturated heterocycles. The number of aromatic nitrogens is 1. The summed E-state index contributed by atoms with van der Waals surface area (Å²) < 4.78 is 30.3. The largest absolute Gasteiger partial charge is 0.435 e. The molecule has 140 valence electrons. The average Bonchev–Trinajstić information content (AvgIpc) is 3.26. The topological polar surface area (TPSA) is 54.5 Å². The van der Waals surface area contributed by atoms with Crippen molar-refractivity contribution >= 4 is 38.3 Å². The third-order valence-corrected chi connectivity index (χ3v) is 5.43. The van der Waals surface area contributed by atoms with Gasteiger partial charge < -0.3 is 15.0 Å². The van der Waals surface area contributed by atoms with Crippen molar-refractivity contribution < 1.29 is 18.3 Å². The zero-order valence-corrected chi connectivity index (χ0v) is 16.2. The van der Waals surface area contributed by atoms with Crippen molar-refractivity contribution in [3.05, 3.63) is 39.8 Å². The lowest BCUT2D eigenvalue weighted by molar-refractivity contribution is -0.121.